The summed E-state index contributed by atoms with van der Waals surface area (Å²) in [6.07, 6.45) is -4.72. The minimum absolute atomic E-state index is 0.0894. The van der Waals surface area contributed by atoms with E-state index in [1.165, 1.54) is 13.0 Å². The highest BCUT2D eigenvalue weighted by Crippen LogP contribution is 2.28. The van der Waals surface area contributed by atoms with Crippen molar-refractivity contribution in [2.24, 2.45) is 5.73 Å². The fourth-order valence-electron chi connectivity index (χ4n) is 1.30. The van der Waals surface area contributed by atoms with Crippen molar-refractivity contribution in [3.05, 3.63) is 23.0 Å². The van der Waals surface area contributed by atoms with Gasteiger partial charge in [-0.25, -0.2) is 0 Å². The fraction of sp³-hybridized carbons (Fsp3) is 0.444. The van der Waals surface area contributed by atoms with Gasteiger partial charge >= 0.3 is 6.36 Å². The van der Waals surface area contributed by atoms with Gasteiger partial charge < -0.3 is 10.5 Å². The van der Waals surface area contributed by atoms with Gasteiger partial charge in [0.05, 0.1) is 5.69 Å². The second-order valence-electron chi connectivity index (χ2n) is 3.11. The van der Waals surface area contributed by atoms with Crippen molar-refractivity contribution in [2.75, 3.05) is 0 Å². The second kappa shape index (κ2) is 4.06. The maximum atomic E-state index is 12.0. The van der Waals surface area contributed by atoms with E-state index in [9.17, 15) is 13.2 Å². The number of hydrogen-bond acceptors (Lipinski definition) is 3. The molecule has 0 fully saturated rings. The topological polar surface area (TPSA) is 48.1 Å². The molecular formula is C9H11F3N2O. The van der Waals surface area contributed by atoms with Gasteiger partial charge in [-0.3, -0.25) is 4.98 Å². The molecule has 1 heterocycles. The average molecular weight is 220 g/mol. The molecule has 0 saturated carbocycles. The standard InChI is InChI=1S/C9H11F3N2O/c1-5-3-6(2)14-7(4-13)8(5)15-9(10,11)12/h3H,4,13H2,1-2H3. The van der Waals surface area contributed by atoms with Crippen LogP contribution in [-0.2, 0) is 6.54 Å². The maximum Gasteiger partial charge on any atom is 0.573 e. The average Bonchev–Trinajstić information content (AvgIpc) is 2.07. The van der Waals surface area contributed by atoms with Crippen LogP contribution in [0.15, 0.2) is 6.07 Å². The molecule has 1 rings (SSSR count). The van der Waals surface area contributed by atoms with Crippen molar-refractivity contribution >= 4 is 0 Å². The van der Waals surface area contributed by atoms with Gasteiger partial charge in [-0.1, -0.05) is 0 Å². The summed E-state index contributed by atoms with van der Waals surface area (Å²) >= 11 is 0. The van der Waals surface area contributed by atoms with Gasteiger partial charge in [0.2, 0.25) is 0 Å². The summed E-state index contributed by atoms with van der Waals surface area (Å²) in [4.78, 5) is 3.89. The highest BCUT2D eigenvalue weighted by molar-refractivity contribution is 5.38. The van der Waals surface area contributed by atoms with Gasteiger partial charge in [-0.05, 0) is 25.5 Å². The fourth-order valence-corrected chi connectivity index (χ4v) is 1.30. The van der Waals surface area contributed by atoms with E-state index < -0.39 is 6.36 Å². The summed E-state index contributed by atoms with van der Waals surface area (Å²) in [5.41, 5.74) is 6.40. The van der Waals surface area contributed by atoms with Gasteiger partial charge in [0.15, 0.2) is 5.75 Å². The minimum Gasteiger partial charge on any atom is -0.403 e. The van der Waals surface area contributed by atoms with Crippen molar-refractivity contribution in [2.45, 2.75) is 26.8 Å². The van der Waals surface area contributed by atoms with E-state index in [1.807, 2.05) is 0 Å². The SMILES string of the molecule is Cc1cc(C)c(OC(F)(F)F)c(CN)n1. The Bertz CT molecular complexity index is 363. The number of ether oxygens (including phenoxy) is 1. The predicted molar refractivity (Wildman–Crippen MR) is 48.3 cm³/mol. The quantitative estimate of drug-likeness (QED) is 0.829. The number of rotatable bonds is 2. The summed E-state index contributed by atoms with van der Waals surface area (Å²) in [5, 5.41) is 0. The number of nitrogens with two attached hydrogens (primary N) is 1. The molecule has 84 valence electrons. The molecule has 2 N–H and O–H groups in total. The van der Waals surface area contributed by atoms with Gasteiger partial charge in [0.1, 0.15) is 0 Å². The molecule has 0 unspecified atom stereocenters. The van der Waals surface area contributed by atoms with E-state index in [1.54, 1.807) is 6.92 Å². The monoisotopic (exact) mass is 220 g/mol. The highest BCUT2D eigenvalue weighted by atomic mass is 19.4. The number of hydrogen-bond donors (Lipinski definition) is 1. The van der Waals surface area contributed by atoms with Crippen LogP contribution >= 0.6 is 0 Å². The van der Waals surface area contributed by atoms with Crippen LogP contribution in [-0.4, -0.2) is 11.3 Å². The molecule has 0 spiro atoms. The van der Waals surface area contributed by atoms with Crippen LogP contribution in [0.1, 0.15) is 17.0 Å². The number of halogens is 3. The molecule has 1 aromatic heterocycles. The molecule has 6 heteroatoms. The molecule has 0 aliphatic rings. The summed E-state index contributed by atoms with van der Waals surface area (Å²) in [5.74, 6) is -0.296. The molecule has 0 saturated heterocycles. The Balaban J connectivity index is 3.15. The van der Waals surface area contributed by atoms with Gasteiger partial charge in [0.25, 0.3) is 0 Å². The maximum absolute atomic E-state index is 12.0. The van der Waals surface area contributed by atoms with Crippen molar-refractivity contribution in [3.8, 4) is 5.75 Å². The van der Waals surface area contributed by atoms with Crippen LogP contribution in [0.3, 0.4) is 0 Å². The van der Waals surface area contributed by atoms with E-state index in [4.69, 9.17) is 5.73 Å². The Hall–Kier alpha value is -1.30. The zero-order chi connectivity index (χ0) is 11.6. The smallest absolute Gasteiger partial charge is 0.403 e. The van der Waals surface area contributed by atoms with Crippen LogP contribution in [0.2, 0.25) is 0 Å². The lowest BCUT2D eigenvalue weighted by Gasteiger charge is -2.14. The number of aryl methyl sites for hydroxylation is 2. The van der Waals surface area contributed by atoms with Gasteiger partial charge in [0, 0.05) is 12.2 Å². The van der Waals surface area contributed by atoms with E-state index in [2.05, 4.69) is 9.72 Å². The number of pyridine rings is 1. The first kappa shape index (κ1) is 11.8. The molecule has 0 radical (unpaired) electrons. The third kappa shape index (κ3) is 3.09. The molecule has 15 heavy (non-hydrogen) atoms. The first-order valence-corrected chi connectivity index (χ1v) is 4.26. The third-order valence-corrected chi connectivity index (χ3v) is 1.77. The second-order valence-corrected chi connectivity index (χ2v) is 3.11. The first-order valence-electron chi connectivity index (χ1n) is 4.26. The molecule has 0 aliphatic carbocycles. The molecule has 0 atom stereocenters. The third-order valence-electron chi connectivity index (χ3n) is 1.77. The Morgan fingerprint density at radius 3 is 2.47 bits per heavy atom. The zero-order valence-electron chi connectivity index (χ0n) is 8.35. The van der Waals surface area contributed by atoms with E-state index in [-0.39, 0.29) is 18.0 Å². The molecule has 1 aromatic rings. The van der Waals surface area contributed by atoms with E-state index in [0.717, 1.165) is 0 Å². The molecular weight excluding hydrogens is 209 g/mol. The van der Waals surface area contributed by atoms with Crippen LogP contribution in [0.5, 0.6) is 5.75 Å². The Labute approximate surface area is 85.1 Å². The highest BCUT2D eigenvalue weighted by Gasteiger charge is 2.33. The molecule has 0 aliphatic heterocycles. The number of alkyl halides is 3. The van der Waals surface area contributed by atoms with Crippen molar-refractivity contribution in [1.82, 2.24) is 4.98 Å². The van der Waals surface area contributed by atoms with Crippen molar-refractivity contribution < 1.29 is 17.9 Å². The first-order chi connectivity index (χ1) is 6.83. The van der Waals surface area contributed by atoms with Crippen LogP contribution < -0.4 is 10.5 Å². The number of nitrogens with zero attached hydrogens (tertiary/aromatic N) is 1. The molecule has 0 amide bonds. The minimum atomic E-state index is -4.72. The molecule has 0 aromatic carbocycles. The summed E-state index contributed by atoms with van der Waals surface area (Å²) < 4.78 is 40.0. The van der Waals surface area contributed by atoms with E-state index >= 15 is 0 Å². The zero-order valence-corrected chi connectivity index (χ0v) is 8.35. The summed E-state index contributed by atoms with van der Waals surface area (Å²) in [6, 6.07) is 1.51. The molecule has 3 nitrogen and oxygen atoms in total. The number of aromatic nitrogens is 1. The predicted octanol–water partition coefficient (Wildman–Crippen LogP) is 2.06. The van der Waals surface area contributed by atoms with Gasteiger partial charge in [-0.2, -0.15) is 0 Å². The largest absolute Gasteiger partial charge is 0.573 e. The lowest BCUT2D eigenvalue weighted by atomic mass is 10.2. The molecule has 0 bridgehead atoms. The normalized spacial score (nSPS) is 11.6. The van der Waals surface area contributed by atoms with Gasteiger partial charge in [-0.15, -0.1) is 13.2 Å². The summed E-state index contributed by atoms with van der Waals surface area (Å²) in [6.45, 7) is 3.12. The van der Waals surface area contributed by atoms with Crippen LogP contribution in [0.25, 0.3) is 0 Å². The Morgan fingerprint density at radius 1 is 1.40 bits per heavy atom. The van der Waals surface area contributed by atoms with E-state index in [0.29, 0.717) is 11.3 Å². The van der Waals surface area contributed by atoms with Crippen molar-refractivity contribution in [3.63, 3.8) is 0 Å². The van der Waals surface area contributed by atoms with Crippen LogP contribution in [0, 0.1) is 13.8 Å². The Kier molecular flexibility index (Phi) is 3.18. The van der Waals surface area contributed by atoms with Crippen LogP contribution in [0.4, 0.5) is 13.2 Å². The Morgan fingerprint density at radius 2 is 2.00 bits per heavy atom. The summed E-state index contributed by atoms with van der Waals surface area (Å²) in [7, 11) is 0. The lowest BCUT2D eigenvalue weighted by Crippen LogP contribution is -2.20. The lowest BCUT2D eigenvalue weighted by molar-refractivity contribution is -0.275. The van der Waals surface area contributed by atoms with Crippen molar-refractivity contribution in [1.29, 1.82) is 0 Å².